The van der Waals surface area contributed by atoms with Crippen LogP contribution in [-0.2, 0) is 19.1 Å². The van der Waals surface area contributed by atoms with Crippen molar-refractivity contribution in [3.63, 3.8) is 0 Å². The number of rotatable bonds is 6. The maximum atomic E-state index is 12.3. The third-order valence-corrected chi connectivity index (χ3v) is 4.11. The van der Waals surface area contributed by atoms with E-state index in [4.69, 9.17) is 9.47 Å². The Labute approximate surface area is 144 Å². The second-order valence-corrected chi connectivity index (χ2v) is 5.74. The van der Waals surface area contributed by atoms with E-state index in [0.29, 0.717) is 16.7 Å². The number of amides is 1. The predicted molar refractivity (Wildman–Crippen MR) is 90.5 cm³/mol. The Hall–Kier alpha value is -2.28. The first-order valence-corrected chi connectivity index (χ1v) is 8.70. The molecule has 0 aromatic heterocycles. The molecule has 1 heterocycles. The largest absolute Gasteiger partial charge is 0.465 e. The van der Waals surface area contributed by atoms with Crippen molar-refractivity contribution in [2.45, 2.75) is 13.0 Å². The highest BCUT2D eigenvalue weighted by molar-refractivity contribution is 8.01. The zero-order valence-electron chi connectivity index (χ0n) is 13.8. The number of methoxy groups -OCH3 is 1. The van der Waals surface area contributed by atoms with Gasteiger partial charge in [-0.15, -0.1) is 11.8 Å². The third kappa shape index (κ3) is 3.46. The summed E-state index contributed by atoms with van der Waals surface area (Å²) in [5.74, 6) is -1.19. The summed E-state index contributed by atoms with van der Waals surface area (Å²) < 4.78 is 9.74. The zero-order valence-corrected chi connectivity index (χ0v) is 14.6. The summed E-state index contributed by atoms with van der Waals surface area (Å²) in [7, 11) is 1.31. The molecule has 0 spiro atoms. The number of thioether (sulfide) groups is 1. The lowest BCUT2D eigenvalue weighted by Gasteiger charge is -2.42. The molecule has 0 N–H and O–H groups in total. The maximum absolute atomic E-state index is 12.3. The van der Waals surface area contributed by atoms with Crippen LogP contribution < -0.4 is 0 Å². The molecule has 0 aliphatic carbocycles. The first-order valence-electron chi connectivity index (χ1n) is 7.41. The Balaban J connectivity index is 2.39. The van der Waals surface area contributed by atoms with E-state index in [1.807, 2.05) is 6.26 Å². The van der Waals surface area contributed by atoms with Gasteiger partial charge >= 0.3 is 11.9 Å². The minimum atomic E-state index is -0.482. The van der Waals surface area contributed by atoms with Crippen molar-refractivity contribution in [3.05, 3.63) is 46.4 Å². The molecule has 128 valence electrons. The van der Waals surface area contributed by atoms with Crippen molar-refractivity contribution >= 4 is 29.6 Å². The number of esters is 2. The van der Waals surface area contributed by atoms with Gasteiger partial charge in [-0.05, 0) is 30.2 Å². The molecule has 1 aliphatic heterocycles. The van der Waals surface area contributed by atoms with Crippen molar-refractivity contribution in [2.24, 2.45) is 0 Å². The van der Waals surface area contributed by atoms with E-state index < -0.39 is 18.0 Å². The standard InChI is InChI=1S/C17H19NO5S/c1-4-23-14(19)9-18-15(13(10-24-3)16(18)20)11-7-5-6-8-12(11)17(21)22-2/h5-8,10,15H,4,9H2,1-3H3/b13-10-. The Morgan fingerprint density at radius 2 is 2.04 bits per heavy atom. The number of benzene rings is 1. The summed E-state index contributed by atoms with van der Waals surface area (Å²) in [5, 5.41) is 1.74. The molecule has 1 amide bonds. The van der Waals surface area contributed by atoms with Crippen LogP contribution in [0.2, 0.25) is 0 Å². The lowest BCUT2D eigenvalue weighted by molar-refractivity contribution is -0.152. The van der Waals surface area contributed by atoms with Gasteiger partial charge in [-0.1, -0.05) is 18.2 Å². The number of ether oxygens (including phenoxy) is 2. The van der Waals surface area contributed by atoms with Crippen LogP contribution in [-0.4, -0.2) is 49.3 Å². The molecule has 24 heavy (non-hydrogen) atoms. The van der Waals surface area contributed by atoms with Crippen LogP contribution in [0, 0.1) is 0 Å². The first kappa shape index (κ1) is 18.1. The van der Waals surface area contributed by atoms with Crippen LogP contribution in [0.5, 0.6) is 0 Å². The summed E-state index contributed by atoms with van der Waals surface area (Å²) in [6.07, 6.45) is 1.84. The number of hydrogen-bond acceptors (Lipinski definition) is 6. The van der Waals surface area contributed by atoms with Crippen LogP contribution in [0.4, 0.5) is 0 Å². The average Bonchev–Trinajstić information content (AvgIpc) is 2.60. The molecule has 1 atom stereocenters. The molecular weight excluding hydrogens is 330 g/mol. The Kier molecular flexibility index (Phi) is 6.03. The summed E-state index contributed by atoms with van der Waals surface area (Å²) in [6.45, 7) is 1.80. The molecule has 2 rings (SSSR count). The van der Waals surface area contributed by atoms with Gasteiger partial charge in [-0.25, -0.2) is 4.79 Å². The molecule has 0 radical (unpaired) electrons. The highest BCUT2D eigenvalue weighted by atomic mass is 32.2. The van der Waals surface area contributed by atoms with E-state index in [1.54, 1.807) is 36.6 Å². The Morgan fingerprint density at radius 3 is 2.67 bits per heavy atom. The topological polar surface area (TPSA) is 72.9 Å². The van der Waals surface area contributed by atoms with Gasteiger partial charge in [0.25, 0.3) is 5.91 Å². The van der Waals surface area contributed by atoms with Crippen LogP contribution in [0.1, 0.15) is 28.9 Å². The van der Waals surface area contributed by atoms with E-state index in [1.165, 1.54) is 23.8 Å². The van der Waals surface area contributed by atoms with Crippen molar-refractivity contribution in [3.8, 4) is 0 Å². The molecule has 1 aliphatic rings. The highest BCUT2D eigenvalue weighted by Gasteiger charge is 2.45. The molecule has 6 nitrogen and oxygen atoms in total. The van der Waals surface area contributed by atoms with E-state index in [2.05, 4.69) is 0 Å². The van der Waals surface area contributed by atoms with Gasteiger partial charge < -0.3 is 14.4 Å². The second kappa shape index (κ2) is 8.01. The molecule has 1 saturated heterocycles. The molecular formula is C17H19NO5S. The minimum absolute atomic E-state index is 0.154. The van der Waals surface area contributed by atoms with Crippen molar-refractivity contribution < 1.29 is 23.9 Å². The monoisotopic (exact) mass is 349 g/mol. The normalized spacial score (nSPS) is 18.3. The van der Waals surface area contributed by atoms with Gasteiger partial charge in [-0.2, -0.15) is 0 Å². The summed E-state index contributed by atoms with van der Waals surface area (Å²) >= 11 is 1.40. The maximum Gasteiger partial charge on any atom is 0.338 e. The van der Waals surface area contributed by atoms with E-state index >= 15 is 0 Å². The number of carbonyl (C=O) groups is 3. The van der Waals surface area contributed by atoms with Crippen LogP contribution in [0.15, 0.2) is 35.2 Å². The molecule has 1 fully saturated rings. The fraction of sp³-hybridized carbons (Fsp3) is 0.353. The number of likely N-dealkylation sites (tertiary alicyclic amines) is 1. The van der Waals surface area contributed by atoms with Crippen molar-refractivity contribution in [2.75, 3.05) is 26.5 Å². The summed E-state index contributed by atoms with van der Waals surface area (Å²) in [4.78, 5) is 37.5. The van der Waals surface area contributed by atoms with Crippen LogP contribution >= 0.6 is 11.8 Å². The van der Waals surface area contributed by atoms with E-state index in [-0.39, 0.29) is 19.1 Å². The Bertz CT molecular complexity index is 685. The smallest absolute Gasteiger partial charge is 0.338 e. The van der Waals surface area contributed by atoms with E-state index in [9.17, 15) is 14.4 Å². The number of β-lactam (4-membered cyclic amide) rings is 1. The molecule has 7 heteroatoms. The molecule has 0 saturated carbocycles. The van der Waals surface area contributed by atoms with Crippen LogP contribution in [0.25, 0.3) is 0 Å². The molecule has 1 aromatic carbocycles. The zero-order chi connectivity index (χ0) is 17.7. The van der Waals surface area contributed by atoms with E-state index in [0.717, 1.165) is 0 Å². The first-order chi connectivity index (χ1) is 11.5. The fourth-order valence-electron chi connectivity index (χ4n) is 2.62. The average molecular weight is 349 g/mol. The predicted octanol–water partition coefficient (Wildman–Crippen LogP) is 2.17. The highest BCUT2D eigenvalue weighted by Crippen LogP contribution is 2.41. The second-order valence-electron chi connectivity index (χ2n) is 5.03. The number of nitrogens with zero attached hydrogens (tertiary/aromatic N) is 1. The molecule has 1 aromatic rings. The quantitative estimate of drug-likeness (QED) is 0.445. The van der Waals surface area contributed by atoms with Gasteiger partial charge in [0, 0.05) is 0 Å². The minimum Gasteiger partial charge on any atom is -0.465 e. The van der Waals surface area contributed by atoms with Gasteiger partial charge in [-0.3, -0.25) is 9.59 Å². The van der Waals surface area contributed by atoms with Gasteiger partial charge in [0.15, 0.2) is 0 Å². The van der Waals surface area contributed by atoms with Crippen molar-refractivity contribution in [1.82, 2.24) is 4.90 Å². The molecule has 0 bridgehead atoms. The van der Waals surface area contributed by atoms with Gasteiger partial charge in [0.1, 0.15) is 6.54 Å². The summed E-state index contributed by atoms with van der Waals surface area (Å²) in [6, 6.07) is 6.44. The fourth-order valence-corrected chi connectivity index (χ4v) is 3.10. The third-order valence-electron chi connectivity index (χ3n) is 3.62. The lowest BCUT2D eigenvalue weighted by atomic mass is 9.86. The molecule has 1 unspecified atom stereocenters. The SMILES string of the molecule is CCOC(=O)CN1C(=O)/C(=C\SC)C1c1ccccc1C(=O)OC. The van der Waals surface area contributed by atoms with Gasteiger partial charge in [0.2, 0.25) is 0 Å². The number of carbonyl (C=O) groups excluding carboxylic acids is 3. The number of hydrogen-bond donors (Lipinski definition) is 0. The summed E-state index contributed by atoms with van der Waals surface area (Å²) in [5.41, 5.74) is 1.55. The Morgan fingerprint density at radius 1 is 1.33 bits per heavy atom. The van der Waals surface area contributed by atoms with Gasteiger partial charge in [0.05, 0.1) is 30.9 Å². The lowest BCUT2D eigenvalue weighted by Crippen LogP contribution is -2.51. The van der Waals surface area contributed by atoms with Crippen LogP contribution in [0.3, 0.4) is 0 Å². The van der Waals surface area contributed by atoms with Crippen molar-refractivity contribution in [1.29, 1.82) is 0 Å².